The molecule has 3 heterocycles. The van der Waals surface area contributed by atoms with E-state index < -0.39 is 5.54 Å². The van der Waals surface area contributed by atoms with Gasteiger partial charge >= 0.3 is 0 Å². The Hall–Kier alpha value is -1.50. The standard InChI is InChI=1S/C16H24N4O2/c17-16(3-10-22-11-4-16)15(21)20-8-6-19(7-9-20)13-14-2-1-5-18-12-14/h1-2,5,12H,3-4,6-11,13,17H2. The van der Waals surface area contributed by atoms with Gasteiger partial charge in [0.1, 0.15) is 0 Å². The van der Waals surface area contributed by atoms with E-state index in [0.29, 0.717) is 26.1 Å². The Labute approximate surface area is 131 Å². The molecule has 1 amide bonds. The molecule has 0 atom stereocenters. The summed E-state index contributed by atoms with van der Waals surface area (Å²) in [5.41, 5.74) is 6.79. The molecule has 1 aromatic rings. The molecule has 0 saturated carbocycles. The fourth-order valence-corrected chi connectivity index (χ4v) is 3.12. The van der Waals surface area contributed by atoms with E-state index in [1.807, 2.05) is 17.2 Å². The average molecular weight is 304 g/mol. The van der Waals surface area contributed by atoms with E-state index in [0.717, 1.165) is 32.7 Å². The van der Waals surface area contributed by atoms with E-state index in [1.165, 1.54) is 5.56 Å². The Morgan fingerprint density at radius 1 is 1.27 bits per heavy atom. The molecule has 2 saturated heterocycles. The monoisotopic (exact) mass is 304 g/mol. The Bertz CT molecular complexity index is 494. The average Bonchev–Trinajstić information content (AvgIpc) is 2.56. The lowest BCUT2D eigenvalue weighted by atomic mass is 9.89. The van der Waals surface area contributed by atoms with Crippen LogP contribution < -0.4 is 5.73 Å². The number of nitrogens with two attached hydrogens (primary N) is 1. The molecular formula is C16H24N4O2. The number of piperazine rings is 1. The van der Waals surface area contributed by atoms with Crippen LogP contribution in [0.15, 0.2) is 24.5 Å². The van der Waals surface area contributed by atoms with Crippen LogP contribution in [0.2, 0.25) is 0 Å². The van der Waals surface area contributed by atoms with Gasteiger partial charge in [-0.1, -0.05) is 6.07 Å². The number of hydrogen-bond acceptors (Lipinski definition) is 5. The summed E-state index contributed by atoms with van der Waals surface area (Å²) in [5, 5.41) is 0. The van der Waals surface area contributed by atoms with Crippen molar-refractivity contribution in [3.8, 4) is 0 Å². The highest BCUT2D eigenvalue weighted by molar-refractivity contribution is 5.86. The third-order valence-corrected chi connectivity index (χ3v) is 4.60. The summed E-state index contributed by atoms with van der Waals surface area (Å²) in [6, 6.07) is 4.04. The Morgan fingerprint density at radius 2 is 2.00 bits per heavy atom. The molecule has 0 aliphatic carbocycles. The minimum atomic E-state index is -0.718. The number of carbonyl (C=O) groups is 1. The number of hydrogen-bond donors (Lipinski definition) is 1. The van der Waals surface area contributed by atoms with Crippen LogP contribution in [0, 0.1) is 0 Å². The first-order valence-electron chi connectivity index (χ1n) is 7.95. The smallest absolute Gasteiger partial charge is 0.242 e. The van der Waals surface area contributed by atoms with Crippen LogP contribution in [0.25, 0.3) is 0 Å². The molecule has 0 unspecified atom stereocenters. The highest BCUT2D eigenvalue weighted by atomic mass is 16.5. The summed E-state index contributed by atoms with van der Waals surface area (Å²) in [4.78, 5) is 21.1. The van der Waals surface area contributed by atoms with Gasteiger partial charge in [0.05, 0.1) is 5.54 Å². The van der Waals surface area contributed by atoms with Crippen molar-refractivity contribution in [3.05, 3.63) is 30.1 Å². The number of ether oxygens (including phenoxy) is 1. The van der Waals surface area contributed by atoms with Gasteiger partial charge in [0.25, 0.3) is 0 Å². The second-order valence-corrected chi connectivity index (χ2v) is 6.20. The summed E-state index contributed by atoms with van der Waals surface area (Å²) >= 11 is 0. The maximum Gasteiger partial charge on any atom is 0.242 e. The van der Waals surface area contributed by atoms with Gasteiger partial charge in [0, 0.05) is 58.3 Å². The molecular weight excluding hydrogens is 280 g/mol. The largest absolute Gasteiger partial charge is 0.381 e. The predicted octanol–water partition coefficient (Wildman–Crippen LogP) is 0.234. The first kappa shape index (κ1) is 15.4. The van der Waals surface area contributed by atoms with Crippen molar-refractivity contribution in [2.45, 2.75) is 24.9 Å². The Balaban J connectivity index is 1.52. The molecule has 120 valence electrons. The van der Waals surface area contributed by atoms with Crippen molar-refractivity contribution in [1.82, 2.24) is 14.8 Å². The van der Waals surface area contributed by atoms with Crippen LogP contribution in [-0.2, 0) is 16.1 Å². The first-order valence-corrected chi connectivity index (χ1v) is 7.95. The summed E-state index contributed by atoms with van der Waals surface area (Å²) < 4.78 is 5.32. The zero-order valence-corrected chi connectivity index (χ0v) is 12.9. The molecule has 2 N–H and O–H groups in total. The van der Waals surface area contributed by atoms with Gasteiger partial charge in [0.15, 0.2) is 0 Å². The van der Waals surface area contributed by atoms with E-state index in [2.05, 4.69) is 16.0 Å². The molecule has 2 aliphatic heterocycles. The number of pyridine rings is 1. The summed E-state index contributed by atoms with van der Waals surface area (Å²) in [5.74, 6) is 0.0943. The van der Waals surface area contributed by atoms with Gasteiger partial charge in [-0.25, -0.2) is 0 Å². The third kappa shape index (κ3) is 3.45. The van der Waals surface area contributed by atoms with E-state index in [4.69, 9.17) is 10.5 Å². The van der Waals surface area contributed by atoms with Gasteiger partial charge < -0.3 is 15.4 Å². The van der Waals surface area contributed by atoms with Gasteiger partial charge in [0.2, 0.25) is 5.91 Å². The number of rotatable bonds is 3. The van der Waals surface area contributed by atoms with Crippen LogP contribution in [0.3, 0.4) is 0 Å². The van der Waals surface area contributed by atoms with Crippen LogP contribution >= 0.6 is 0 Å². The highest BCUT2D eigenvalue weighted by Crippen LogP contribution is 2.21. The van der Waals surface area contributed by atoms with Crippen LogP contribution in [0.4, 0.5) is 0 Å². The van der Waals surface area contributed by atoms with E-state index in [1.54, 1.807) is 6.20 Å². The lowest BCUT2D eigenvalue weighted by molar-refractivity contribution is -0.142. The van der Waals surface area contributed by atoms with Crippen molar-refractivity contribution < 1.29 is 9.53 Å². The molecule has 2 fully saturated rings. The quantitative estimate of drug-likeness (QED) is 0.866. The molecule has 2 aliphatic rings. The molecule has 3 rings (SSSR count). The predicted molar refractivity (Wildman–Crippen MR) is 83.1 cm³/mol. The summed E-state index contributed by atoms with van der Waals surface area (Å²) in [6.45, 7) is 5.32. The number of aromatic nitrogens is 1. The maximum absolute atomic E-state index is 12.7. The van der Waals surface area contributed by atoms with Crippen molar-refractivity contribution >= 4 is 5.91 Å². The molecule has 0 bridgehead atoms. The molecule has 0 radical (unpaired) electrons. The van der Waals surface area contributed by atoms with Crippen molar-refractivity contribution in [1.29, 1.82) is 0 Å². The highest BCUT2D eigenvalue weighted by Gasteiger charge is 2.39. The minimum absolute atomic E-state index is 0.0943. The van der Waals surface area contributed by atoms with Crippen molar-refractivity contribution in [3.63, 3.8) is 0 Å². The maximum atomic E-state index is 12.7. The van der Waals surface area contributed by atoms with Crippen LogP contribution in [0.5, 0.6) is 0 Å². The number of amides is 1. The first-order chi connectivity index (χ1) is 10.7. The van der Waals surface area contributed by atoms with Gasteiger partial charge in [-0.05, 0) is 24.5 Å². The van der Waals surface area contributed by atoms with Gasteiger partial charge in [-0.15, -0.1) is 0 Å². The second-order valence-electron chi connectivity index (χ2n) is 6.20. The molecule has 6 nitrogen and oxygen atoms in total. The topological polar surface area (TPSA) is 71.7 Å². The van der Waals surface area contributed by atoms with Crippen molar-refractivity contribution in [2.75, 3.05) is 39.4 Å². The van der Waals surface area contributed by atoms with E-state index in [9.17, 15) is 4.79 Å². The number of nitrogens with zero attached hydrogens (tertiary/aromatic N) is 3. The summed E-state index contributed by atoms with van der Waals surface area (Å²) in [7, 11) is 0. The van der Waals surface area contributed by atoms with Gasteiger partial charge in [-0.3, -0.25) is 14.7 Å². The SMILES string of the molecule is NC1(C(=O)N2CCN(Cc3cccnc3)CC2)CCOCC1. The zero-order chi connectivity index (χ0) is 15.4. The third-order valence-electron chi connectivity index (χ3n) is 4.60. The lowest BCUT2D eigenvalue weighted by Crippen LogP contribution is -2.61. The fraction of sp³-hybridized carbons (Fsp3) is 0.625. The molecule has 6 heteroatoms. The Kier molecular flexibility index (Phi) is 4.71. The fourth-order valence-electron chi connectivity index (χ4n) is 3.12. The van der Waals surface area contributed by atoms with E-state index >= 15 is 0 Å². The van der Waals surface area contributed by atoms with E-state index in [-0.39, 0.29) is 5.91 Å². The molecule has 0 aromatic carbocycles. The summed E-state index contributed by atoms with van der Waals surface area (Å²) in [6.07, 6.45) is 4.94. The Morgan fingerprint density at radius 3 is 2.64 bits per heavy atom. The molecule has 0 spiro atoms. The lowest BCUT2D eigenvalue weighted by Gasteiger charge is -2.40. The van der Waals surface area contributed by atoms with Gasteiger partial charge in [-0.2, -0.15) is 0 Å². The second kappa shape index (κ2) is 6.73. The molecule has 1 aromatic heterocycles. The molecule has 22 heavy (non-hydrogen) atoms. The van der Waals surface area contributed by atoms with Crippen LogP contribution in [-0.4, -0.2) is 65.6 Å². The van der Waals surface area contributed by atoms with Crippen molar-refractivity contribution in [2.24, 2.45) is 5.73 Å². The zero-order valence-electron chi connectivity index (χ0n) is 12.9. The number of carbonyl (C=O) groups excluding carboxylic acids is 1. The minimum Gasteiger partial charge on any atom is -0.381 e. The normalized spacial score (nSPS) is 22.5. The van der Waals surface area contributed by atoms with Crippen LogP contribution in [0.1, 0.15) is 18.4 Å².